The van der Waals surface area contributed by atoms with Crippen molar-refractivity contribution in [3.8, 4) is 11.5 Å². The number of phenols is 1. The van der Waals surface area contributed by atoms with E-state index in [9.17, 15) is 14.7 Å². The minimum absolute atomic E-state index is 0.0922. The maximum absolute atomic E-state index is 11.9. The van der Waals surface area contributed by atoms with Gasteiger partial charge in [-0.25, -0.2) is 0 Å². The van der Waals surface area contributed by atoms with Crippen molar-refractivity contribution in [2.24, 2.45) is 0 Å². The lowest BCUT2D eigenvalue weighted by molar-refractivity contribution is -0.135. The maximum atomic E-state index is 11.9. The number of phenolic OH excluding ortho intramolecular Hbond substituents is 1. The Kier molecular flexibility index (Phi) is 4.14. The average molecular weight is 324 g/mol. The van der Waals surface area contributed by atoms with Gasteiger partial charge in [0.15, 0.2) is 5.78 Å². The third-order valence-corrected chi connectivity index (χ3v) is 4.50. The van der Waals surface area contributed by atoms with Gasteiger partial charge in [0.1, 0.15) is 11.5 Å². The van der Waals surface area contributed by atoms with E-state index in [4.69, 9.17) is 4.74 Å². The third-order valence-electron chi connectivity index (χ3n) is 4.50. The summed E-state index contributed by atoms with van der Waals surface area (Å²) in [6.45, 7) is 5.64. The van der Waals surface area contributed by atoms with E-state index in [1.165, 1.54) is 18.6 Å². The van der Waals surface area contributed by atoms with Gasteiger partial charge in [-0.2, -0.15) is 0 Å². The second kappa shape index (κ2) is 6.11. The molecule has 1 aliphatic heterocycles. The molecule has 1 unspecified atom stereocenters. The van der Waals surface area contributed by atoms with Crippen molar-refractivity contribution in [2.75, 3.05) is 0 Å². The van der Waals surface area contributed by atoms with Gasteiger partial charge in [-0.1, -0.05) is 38.1 Å². The molecular weight excluding hydrogens is 304 g/mol. The molecule has 0 saturated heterocycles. The van der Waals surface area contributed by atoms with Gasteiger partial charge in [-0.05, 0) is 36.1 Å². The number of Topliss-reactive ketones (excluding diaryl/α,β-unsaturated/α-hetero) is 1. The van der Waals surface area contributed by atoms with E-state index in [1.807, 2.05) is 24.3 Å². The van der Waals surface area contributed by atoms with Crippen LogP contribution < -0.4 is 4.74 Å². The molecule has 0 bridgehead atoms. The summed E-state index contributed by atoms with van der Waals surface area (Å²) in [6, 6.07) is 11.1. The van der Waals surface area contributed by atoms with Crippen LogP contribution in [0.3, 0.4) is 0 Å². The van der Waals surface area contributed by atoms with Gasteiger partial charge in [0.05, 0.1) is 12.0 Å². The van der Waals surface area contributed by atoms with Crippen LogP contribution in [-0.2, 0) is 4.79 Å². The highest BCUT2D eigenvalue weighted by Gasteiger charge is 2.32. The van der Waals surface area contributed by atoms with Gasteiger partial charge in [-0.15, -0.1) is 0 Å². The smallest absolute Gasteiger partial charge is 0.312 e. The normalized spacial score (nSPS) is 16.7. The Morgan fingerprint density at radius 2 is 1.83 bits per heavy atom. The van der Waals surface area contributed by atoms with Gasteiger partial charge in [-0.3, -0.25) is 9.59 Å². The molecule has 4 heteroatoms. The molecule has 4 nitrogen and oxygen atoms in total. The summed E-state index contributed by atoms with van der Waals surface area (Å²) in [4.78, 5) is 23.7. The molecule has 24 heavy (non-hydrogen) atoms. The van der Waals surface area contributed by atoms with Gasteiger partial charge >= 0.3 is 5.97 Å². The zero-order chi connectivity index (χ0) is 17.4. The molecule has 1 heterocycles. The van der Waals surface area contributed by atoms with Crippen molar-refractivity contribution in [3.05, 3.63) is 58.7 Å². The fourth-order valence-corrected chi connectivity index (χ4v) is 3.13. The van der Waals surface area contributed by atoms with Crippen molar-refractivity contribution in [1.82, 2.24) is 0 Å². The van der Waals surface area contributed by atoms with Crippen LogP contribution in [-0.4, -0.2) is 16.9 Å². The lowest BCUT2D eigenvalue weighted by Crippen LogP contribution is -2.21. The number of carbonyl (C=O) groups excluding carboxylic acids is 2. The van der Waals surface area contributed by atoms with Crippen molar-refractivity contribution >= 4 is 11.8 Å². The predicted octanol–water partition coefficient (Wildman–Crippen LogP) is 4.16. The number of esters is 1. The Morgan fingerprint density at radius 1 is 1.17 bits per heavy atom. The first-order valence-electron chi connectivity index (χ1n) is 8.05. The van der Waals surface area contributed by atoms with Crippen molar-refractivity contribution in [1.29, 1.82) is 0 Å². The molecule has 3 rings (SSSR count). The van der Waals surface area contributed by atoms with E-state index in [-0.39, 0.29) is 35.4 Å². The molecule has 0 aromatic heterocycles. The Balaban J connectivity index is 2.12. The molecule has 1 N–H and O–H groups in total. The molecule has 1 atom stereocenters. The van der Waals surface area contributed by atoms with E-state index in [2.05, 4.69) is 13.8 Å². The van der Waals surface area contributed by atoms with Crippen molar-refractivity contribution < 1.29 is 19.4 Å². The SMILES string of the molecule is CC(=O)c1ccc2c(c1O)C(c1ccc(C(C)C)cc1)CC(=O)O2. The third kappa shape index (κ3) is 2.80. The van der Waals surface area contributed by atoms with Crippen molar-refractivity contribution in [3.63, 3.8) is 0 Å². The van der Waals surface area contributed by atoms with E-state index in [0.29, 0.717) is 17.2 Å². The summed E-state index contributed by atoms with van der Waals surface area (Å²) in [5.41, 5.74) is 2.89. The van der Waals surface area contributed by atoms with Crippen LogP contribution in [0.2, 0.25) is 0 Å². The number of rotatable bonds is 3. The lowest BCUT2D eigenvalue weighted by atomic mass is 9.83. The Morgan fingerprint density at radius 3 is 2.42 bits per heavy atom. The molecule has 1 aliphatic rings. The number of ether oxygens (including phenoxy) is 1. The lowest BCUT2D eigenvalue weighted by Gasteiger charge is -2.26. The highest BCUT2D eigenvalue weighted by Crippen LogP contribution is 2.45. The molecule has 0 spiro atoms. The van der Waals surface area contributed by atoms with E-state index < -0.39 is 0 Å². The summed E-state index contributed by atoms with van der Waals surface area (Å²) in [7, 11) is 0. The van der Waals surface area contributed by atoms with E-state index in [1.54, 1.807) is 6.07 Å². The zero-order valence-corrected chi connectivity index (χ0v) is 14.0. The van der Waals surface area contributed by atoms with Crippen LogP contribution in [0.5, 0.6) is 11.5 Å². The standard InChI is InChI=1S/C20H20O4/c1-11(2)13-4-6-14(7-5-13)16-10-18(22)24-17-9-8-15(12(3)21)20(23)19(16)17/h4-9,11,16,23H,10H2,1-3H3. The average Bonchev–Trinajstić information content (AvgIpc) is 2.54. The molecule has 0 fully saturated rings. The number of ketones is 1. The largest absolute Gasteiger partial charge is 0.507 e. The van der Waals surface area contributed by atoms with Crippen molar-refractivity contribution in [2.45, 2.75) is 39.0 Å². The molecule has 2 aromatic rings. The second-order valence-electron chi connectivity index (χ2n) is 6.48. The molecule has 2 aromatic carbocycles. The van der Waals surface area contributed by atoms with Crippen LogP contribution in [0.1, 0.15) is 66.1 Å². The fourth-order valence-electron chi connectivity index (χ4n) is 3.13. The maximum Gasteiger partial charge on any atom is 0.312 e. The minimum atomic E-state index is -0.338. The Bertz CT molecular complexity index is 803. The van der Waals surface area contributed by atoms with Crippen LogP contribution in [0.25, 0.3) is 0 Å². The number of hydrogen-bond acceptors (Lipinski definition) is 4. The molecule has 0 radical (unpaired) electrons. The first-order valence-corrected chi connectivity index (χ1v) is 8.05. The summed E-state index contributed by atoms with van der Waals surface area (Å²) in [5, 5.41) is 10.6. The topological polar surface area (TPSA) is 63.6 Å². The molecule has 124 valence electrons. The monoisotopic (exact) mass is 324 g/mol. The fraction of sp³-hybridized carbons (Fsp3) is 0.300. The van der Waals surface area contributed by atoms with Crippen LogP contribution in [0.15, 0.2) is 36.4 Å². The van der Waals surface area contributed by atoms with Crippen LogP contribution in [0.4, 0.5) is 0 Å². The Hall–Kier alpha value is -2.62. The summed E-state index contributed by atoms with van der Waals surface area (Å²) in [5.74, 6) is -0.226. The minimum Gasteiger partial charge on any atom is -0.507 e. The molecule has 0 saturated carbocycles. The first kappa shape index (κ1) is 16.2. The summed E-state index contributed by atoms with van der Waals surface area (Å²) in [6.07, 6.45) is 0.142. The van der Waals surface area contributed by atoms with Gasteiger partial charge < -0.3 is 9.84 Å². The quantitative estimate of drug-likeness (QED) is 0.523. The zero-order valence-electron chi connectivity index (χ0n) is 14.0. The molecule has 0 aliphatic carbocycles. The Labute approximate surface area is 141 Å². The molecular formula is C20H20O4. The number of fused-ring (bicyclic) bond motifs is 1. The summed E-state index contributed by atoms with van der Waals surface area (Å²) >= 11 is 0. The van der Waals surface area contributed by atoms with Crippen LogP contribution in [0, 0.1) is 0 Å². The highest BCUT2D eigenvalue weighted by molar-refractivity contribution is 5.98. The summed E-state index contributed by atoms with van der Waals surface area (Å²) < 4.78 is 5.25. The van der Waals surface area contributed by atoms with Gasteiger partial charge in [0.25, 0.3) is 0 Å². The van der Waals surface area contributed by atoms with E-state index >= 15 is 0 Å². The second-order valence-corrected chi connectivity index (χ2v) is 6.48. The highest BCUT2D eigenvalue weighted by atomic mass is 16.5. The van der Waals surface area contributed by atoms with Gasteiger partial charge in [0.2, 0.25) is 0 Å². The molecule has 0 amide bonds. The van der Waals surface area contributed by atoms with Crippen LogP contribution >= 0.6 is 0 Å². The number of aromatic hydroxyl groups is 1. The van der Waals surface area contributed by atoms with Gasteiger partial charge in [0, 0.05) is 11.5 Å². The van der Waals surface area contributed by atoms with E-state index in [0.717, 1.165) is 5.56 Å². The first-order chi connectivity index (χ1) is 11.4. The number of carbonyl (C=O) groups is 2. The number of benzene rings is 2. The number of hydrogen-bond donors (Lipinski definition) is 1. The predicted molar refractivity (Wildman–Crippen MR) is 90.7 cm³/mol.